The average Bonchev–Trinajstić information content (AvgIpc) is 2.76. The van der Waals surface area contributed by atoms with Crippen molar-refractivity contribution < 1.29 is 39.0 Å². The van der Waals surface area contributed by atoms with Crippen LogP contribution in [0.25, 0.3) is 0 Å². The number of thioether (sulfide) groups is 1. The fraction of sp³-hybridized carbons (Fsp3) is 0.700. The van der Waals surface area contributed by atoms with E-state index in [1.807, 2.05) is 6.92 Å². The second-order valence-corrected chi connectivity index (χ2v) is 8.80. The first kappa shape index (κ1) is 31.1. The first-order valence-electron chi connectivity index (χ1n) is 10.7. The standard InChI is InChI=1S/C20H35N5O8S/c1-4-10(2)16(22)19(31)25-13(9-14(21)26)18(30)23-11(7-8-34-3)17(29)24-12(20(32)33)5-6-15(27)28/h10-13,16H,4-9,22H2,1-3H3,(H2,21,26)(H,23,30)(H,24,29)(H,25,31)(H,27,28)(H,32,33). The summed E-state index contributed by atoms with van der Waals surface area (Å²) in [5.74, 6) is -5.70. The quantitative estimate of drug-likeness (QED) is 0.119. The van der Waals surface area contributed by atoms with Crippen LogP contribution >= 0.6 is 11.8 Å². The number of nitrogens with one attached hydrogen (secondary N) is 3. The molecule has 14 heteroatoms. The number of rotatable bonds is 17. The molecule has 0 aromatic rings. The molecule has 0 aliphatic heterocycles. The van der Waals surface area contributed by atoms with E-state index in [-0.39, 0.29) is 18.8 Å². The minimum Gasteiger partial charge on any atom is -0.481 e. The third-order valence-electron chi connectivity index (χ3n) is 5.10. The predicted molar refractivity (Wildman–Crippen MR) is 125 cm³/mol. The molecular formula is C20H35N5O8S. The molecule has 0 aromatic carbocycles. The SMILES string of the molecule is CCC(C)C(N)C(=O)NC(CC(N)=O)C(=O)NC(CCSC)C(=O)NC(CCC(=O)O)C(=O)O. The highest BCUT2D eigenvalue weighted by molar-refractivity contribution is 7.98. The molecule has 0 heterocycles. The second kappa shape index (κ2) is 15.9. The Labute approximate surface area is 202 Å². The molecule has 5 atom stereocenters. The van der Waals surface area contributed by atoms with Gasteiger partial charge in [-0.25, -0.2) is 4.79 Å². The van der Waals surface area contributed by atoms with Crippen LogP contribution in [0.3, 0.4) is 0 Å². The van der Waals surface area contributed by atoms with Crippen molar-refractivity contribution in [3.05, 3.63) is 0 Å². The van der Waals surface area contributed by atoms with Crippen molar-refractivity contribution in [3.8, 4) is 0 Å². The molecule has 0 radical (unpaired) electrons. The van der Waals surface area contributed by atoms with E-state index in [0.29, 0.717) is 12.2 Å². The Morgan fingerprint density at radius 1 is 0.882 bits per heavy atom. The Bertz CT molecular complexity index is 750. The maximum Gasteiger partial charge on any atom is 0.326 e. The van der Waals surface area contributed by atoms with Gasteiger partial charge in [-0.15, -0.1) is 0 Å². The van der Waals surface area contributed by atoms with Gasteiger partial charge in [0.2, 0.25) is 23.6 Å². The first-order valence-corrected chi connectivity index (χ1v) is 12.1. The van der Waals surface area contributed by atoms with Crippen LogP contribution in [-0.2, 0) is 28.8 Å². The summed E-state index contributed by atoms with van der Waals surface area (Å²) in [4.78, 5) is 71.5. The Hall–Kier alpha value is -2.87. The van der Waals surface area contributed by atoms with E-state index in [4.69, 9.17) is 16.6 Å². The van der Waals surface area contributed by atoms with Gasteiger partial charge in [0.25, 0.3) is 0 Å². The molecule has 0 spiro atoms. The summed E-state index contributed by atoms with van der Waals surface area (Å²) >= 11 is 1.37. The van der Waals surface area contributed by atoms with Crippen molar-refractivity contribution >= 4 is 47.3 Å². The van der Waals surface area contributed by atoms with Crippen LogP contribution in [0.15, 0.2) is 0 Å². The highest BCUT2D eigenvalue weighted by Crippen LogP contribution is 2.08. The number of amides is 4. The zero-order valence-electron chi connectivity index (χ0n) is 19.5. The Morgan fingerprint density at radius 3 is 1.88 bits per heavy atom. The maximum atomic E-state index is 12.8. The number of hydrogen-bond acceptors (Lipinski definition) is 8. The lowest BCUT2D eigenvalue weighted by molar-refractivity contribution is -0.143. The summed E-state index contributed by atoms with van der Waals surface area (Å²) in [7, 11) is 0. The van der Waals surface area contributed by atoms with Crippen LogP contribution in [0.2, 0.25) is 0 Å². The van der Waals surface area contributed by atoms with Gasteiger partial charge in [0, 0.05) is 6.42 Å². The van der Waals surface area contributed by atoms with Gasteiger partial charge in [0.1, 0.15) is 18.1 Å². The van der Waals surface area contributed by atoms with Crippen molar-refractivity contribution in [3.63, 3.8) is 0 Å². The Kier molecular flexibility index (Phi) is 14.5. The normalized spacial score (nSPS) is 15.2. The van der Waals surface area contributed by atoms with E-state index < -0.39 is 72.6 Å². The van der Waals surface area contributed by atoms with Crippen molar-refractivity contribution in [2.45, 2.75) is 70.1 Å². The van der Waals surface area contributed by atoms with Crippen molar-refractivity contribution in [1.29, 1.82) is 0 Å². The fourth-order valence-corrected chi connectivity index (χ4v) is 3.24. The monoisotopic (exact) mass is 505 g/mol. The number of primary amides is 1. The molecule has 0 rings (SSSR count). The fourth-order valence-electron chi connectivity index (χ4n) is 2.77. The van der Waals surface area contributed by atoms with E-state index in [1.165, 1.54) is 11.8 Å². The number of carbonyl (C=O) groups excluding carboxylic acids is 4. The molecular weight excluding hydrogens is 470 g/mol. The minimum absolute atomic E-state index is 0.105. The molecule has 0 saturated heterocycles. The summed E-state index contributed by atoms with van der Waals surface area (Å²) in [6.07, 6.45) is 1.09. The lowest BCUT2D eigenvalue weighted by atomic mass is 9.99. The van der Waals surface area contributed by atoms with Crippen LogP contribution in [0, 0.1) is 5.92 Å². The van der Waals surface area contributed by atoms with E-state index in [2.05, 4.69) is 16.0 Å². The zero-order valence-corrected chi connectivity index (χ0v) is 20.4. The van der Waals surface area contributed by atoms with Crippen LogP contribution in [-0.4, -0.2) is 82.0 Å². The van der Waals surface area contributed by atoms with Gasteiger partial charge >= 0.3 is 11.9 Å². The van der Waals surface area contributed by atoms with Crippen LogP contribution < -0.4 is 27.4 Å². The molecule has 9 N–H and O–H groups in total. The van der Waals surface area contributed by atoms with Gasteiger partial charge in [-0.2, -0.15) is 11.8 Å². The van der Waals surface area contributed by atoms with Crippen LogP contribution in [0.5, 0.6) is 0 Å². The molecule has 0 aliphatic rings. The Morgan fingerprint density at radius 2 is 1.41 bits per heavy atom. The summed E-state index contributed by atoms with van der Waals surface area (Å²) < 4.78 is 0. The summed E-state index contributed by atoms with van der Waals surface area (Å²) in [5, 5.41) is 25.1. The van der Waals surface area contributed by atoms with Gasteiger partial charge in [-0.1, -0.05) is 20.3 Å². The van der Waals surface area contributed by atoms with Gasteiger partial charge < -0.3 is 37.6 Å². The van der Waals surface area contributed by atoms with E-state index in [1.54, 1.807) is 13.2 Å². The van der Waals surface area contributed by atoms with Gasteiger partial charge in [-0.3, -0.25) is 24.0 Å². The number of hydrogen-bond donors (Lipinski definition) is 7. The largest absolute Gasteiger partial charge is 0.481 e. The molecule has 0 aromatic heterocycles. The Balaban J connectivity index is 5.52. The smallest absolute Gasteiger partial charge is 0.326 e. The van der Waals surface area contributed by atoms with Crippen LogP contribution in [0.4, 0.5) is 0 Å². The summed E-state index contributed by atoms with van der Waals surface area (Å²) in [6.45, 7) is 3.58. The minimum atomic E-state index is -1.48. The first-order chi connectivity index (χ1) is 15.8. The van der Waals surface area contributed by atoms with E-state index >= 15 is 0 Å². The number of carboxylic acids is 2. The third kappa shape index (κ3) is 11.8. The molecule has 0 fully saturated rings. The molecule has 34 heavy (non-hydrogen) atoms. The molecule has 194 valence electrons. The third-order valence-corrected chi connectivity index (χ3v) is 5.75. The van der Waals surface area contributed by atoms with Gasteiger partial charge in [0.15, 0.2) is 0 Å². The van der Waals surface area contributed by atoms with Crippen LogP contribution in [0.1, 0.15) is 46.0 Å². The molecule has 0 aliphatic carbocycles. The van der Waals surface area contributed by atoms with Crippen molar-refractivity contribution in [1.82, 2.24) is 16.0 Å². The van der Waals surface area contributed by atoms with Crippen molar-refractivity contribution in [2.75, 3.05) is 12.0 Å². The average molecular weight is 506 g/mol. The lowest BCUT2D eigenvalue weighted by Crippen LogP contribution is -2.58. The highest BCUT2D eigenvalue weighted by Gasteiger charge is 2.31. The van der Waals surface area contributed by atoms with Crippen molar-refractivity contribution in [2.24, 2.45) is 17.4 Å². The predicted octanol–water partition coefficient (Wildman–Crippen LogP) is -1.61. The molecule has 0 bridgehead atoms. The number of nitrogens with two attached hydrogens (primary N) is 2. The summed E-state index contributed by atoms with van der Waals surface area (Å²) in [6, 6.07) is -5.02. The number of carbonyl (C=O) groups is 6. The van der Waals surface area contributed by atoms with Gasteiger partial charge in [0.05, 0.1) is 12.5 Å². The van der Waals surface area contributed by atoms with E-state index in [9.17, 15) is 33.9 Å². The summed E-state index contributed by atoms with van der Waals surface area (Å²) in [5.41, 5.74) is 11.1. The lowest BCUT2D eigenvalue weighted by Gasteiger charge is -2.25. The maximum absolute atomic E-state index is 12.8. The van der Waals surface area contributed by atoms with Gasteiger partial charge in [-0.05, 0) is 30.8 Å². The molecule has 13 nitrogen and oxygen atoms in total. The highest BCUT2D eigenvalue weighted by atomic mass is 32.2. The topological polar surface area (TPSA) is 231 Å². The number of carboxylic acid groups (broad SMARTS) is 2. The molecule has 0 saturated carbocycles. The molecule has 4 amide bonds. The van der Waals surface area contributed by atoms with E-state index in [0.717, 1.165) is 0 Å². The zero-order chi connectivity index (χ0) is 26.4. The molecule has 5 unspecified atom stereocenters. The second-order valence-electron chi connectivity index (χ2n) is 7.82. The number of aliphatic carboxylic acids is 2.